The molecule has 40 heavy (non-hydrogen) atoms. The molecule has 1 aromatic rings. The van der Waals surface area contributed by atoms with Gasteiger partial charge in [0.05, 0.1) is 23.7 Å². The topological polar surface area (TPSA) is 158 Å². The molecule has 0 unspecified atom stereocenters. The minimum atomic E-state index is -0.666. The first-order valence-electron chi connectivity index (χ1n) is 12.6. The smallest absolute Gasteiger partial charge is 0.338 e. The van der Waals surface area contributed by atoms with E-state index in [0.717, 1.165) is 12.5 Å². The van der Waals surface area contributed by atoms with E-state index in [2.05, 4.69) is 22.6 Å². The Morgan fingerprint density at radius 3 is 1.12 bits per heavy atom. The Labute approximate surface area is 232 Å². The average Bonchev–Trinajstić information content (AvgIpc) is 2.94. The van der Waals surface area contributed by atoms with Crippen LogP contribution in [0.25, 0.3) is 0 Å². The predicted octanol–water partition coefficient (Wildman–Crippen LogP) is 3.58. The lowest BCUT2D eigenvalue weighted by atomic mass is 10.1. The normalized spacial score (nSPS) is 10.0. The van der Waals surface area contributed by atoms with E-state index < -0.39 is 35.8 Å². The maximum atomic E-state index is 12.1. The van der Waals surface area contributed by atoms with Crippen LogP contribution in [0.3, 0.4) is 0 Å². The fourth-order valence-corrected chi connectivity index (χ4v) is 3.01. The van der Waals surface area contributed by atoms with Gasteiger partial charge in [-0.3, -0.25) is 19.2 Å². The van der Waals surface area contributed by atoms with Crippen LogP contribution in [-0.2, 0) is 47.6 Å². The van der Waals surface area contributed by atoms with Gasteiger partial charge in [0.15, 0.2) is 0 Å². The molecule has 12 nitrogen and oxygen atoms in total. The van der Waals surface area contributed by atoms with Crippen molar-refractivity contribution in [3.05, 3.63) is 61.1 Å². The molecule has 1 aromatic carbocycles. The molecule has 0 heterocycles. The third-order valence-corrected chi connectivity index (χ3v) is 4.97. The number of unbranched alkanes of at least 4 members (excludes halogenated alkanes) is 2. The van der Waals surface area contributed by atoms with Crippen LogP contribution in [0.15, 0.2) is 49.9 Å². The van der Waals surface area contributed by atoms with Gasteiger partial charge in [-0.1, -0.05) is 13.2 Å². The quantitative estimate of drug-likeness (QED) is 0.0986. The summed E-state index contributed by atoms with van der Waals surface area (Å²) >= 11 is 0. The molecule has 0 fully saturated rings. The summed E-state index contributed by atoms with van der Waals surface area (Å²) < 4.78 is 29.2. The van der Waals surface area contributed by atoms with E-state index in [1.807, 2.05) is 0 Å². The van der Waals surface area contributed by atoms with Crippen LogP contribution in [0.1, 0.15) is 72.1 Å². The van der Waals surface area contributed by atoms with Crippen molar-refractivity contribution >= 4 is 35.8 Å². The molecule has 0 bridgehead atoms. The molecule has 0 amide bonds. The van der Waals surface area contributed by atoms with Crippen molar-refractivity contribution in [3.8, 4) is 0 Å². The van der Waals surface area contributed by atoms with Gasteiger partial charge in [0, 0.05) is 25.7 Å². The molecule has 0 N–H and O–H groups in total. The Bertz CT molecular complexity index is 932. The number of esters is 6. The summed E-state index contributed by atoms with van der Waals surface area (Å²) in [4.78, 5) is 69.9. The molecule has 1 rings (SSSR count). The van der Waals surface area contributed by atoms with Crippen LogP contribution >= 0.6 is 0 Å². The highest BCUT2D eigenvalue weighted by Crippen LogP contribution is 2.09. The molecular formula is C28H34O12. The van der Waals surface area contributed by atoms with Gasteiger partial charge in [0.1, 0.15) is 26.4 Å². The summed E-state index contributed by atoms with van der Waals surface area (Å²) in [6.07, 6.45) is 4.49. The lowest BCUT2D eigenvalue weighted by molar-refractivity contribution is -0.145. The summed E-state index contributed by atoms with van der Waals surface area (Å²) in [5.74, 6) is -3.13. The molecule has 0 aliphatic rings. The van der Waals surface area contributed by atoms with E-state index in [4.69, 9.17) is 18.9 Å². The zero-order valence-corrected chi connectivity index (χ0v) is 22.3. The zero-order valence-electron chi connectivity index (χ0n) is 22.3. The van der Waals surface area contributed by atoms with Crippen LogP contribution in [0.2, 0.25) is 0 Å². The van der Waals surface area contributed by atoms with Gasteiger partial charge >= 0.3 is 35.8 Å². The average molecular weight is 563 g/mol. The highest BCUT2D eigenvalue weighted by Gasteiger charge is 2.12. The van der Waals surface area contributed by atoms with Crippen molar-refractivity contribution in [2.45, 2.75) is 51.4 Å². The summed E-state index contributed by atoms with van der Waals surface area (Å²) in [6.45, 7) is 6.01. The third kappa shape index (κ3) is 15.7. The first kappa shape index (κ1) is 33.5. The van der Waals surface area contributed by atoms with Crippen LogP contribution < -0.4 is 0 Å². The van der Waals surface area contributed by atoms with Gasteiger partial charge in [-0.25, -0.2) is 9.59 Å². The van der Waals surface area contributed by atoms with Gasteiger partial charge in [0.2, 0.25) is 0 Å². The lowest BCUT2D eigenvalue weighted by Crippen LogP contribution is -2.15. The molecule has 0 saturated carbocycles. The summed E-state index contributed by atoms with van der Waals surface area (Å²) in [5.41, 5.74) is 0.363. The lowest BCUT2D eigenvalue weighted by Gasteiger charge is -2.08. The van der Waals surface area contributed by atoms with Gasteiger partial charge < -0.3 is 28.4 Å². The van der Waals surface area contributed by atoms with E-state index in [1.165, 1.54) is 24.3 Å². The van der Waals surface area contributed by atoms with Crippen molar-refractivity contribution in [1.82, 2.24) is 0 Å². The second-order valence-corrected chi connectivity index (χ2v) is 8.02. The largest absolute Gasteiger partial charge is 0.462 e. The van der Waals surface area contributed by atoms with Crippen molar-refractivity contribution < 1.29 is 57.2 Å². The molecule has 0 saturated heterocycles. The third-order valence-electron chi connectivity index (χ3n) is 4.97. The molecule has 12 heteroatoms. The van der Waals surface area contributed by atoms with Gasteiger partial charge in [-0.15, -0.1) is 0 Å². The zero-order chi connectivity index (χ0) is 29.6. The van der Waals surface area contributed by atoms with Gasteiger partial charge in [-0.2, -0.15) is 0 Å². The van der Waals surface area contributed by atoms with Crippen LogP contribution in [0.4, 0.5) is 0 Å². The Balaban J connectivity index is 2.19. The predicted molar refractivity (Wildman–Crippen MR) is 138 cm³/mol. The van der Waals surface area contributed by atoms with Crippen LogP contribution in [0.5, 0.6) is 0 Å². The summed E-state index contributed by atoms with van der Waals surface area (Å²) in [7, 11) is 0. The summed E-state index contributed by atoms with van der Waals surface area (Å²) in [6, 6.07) is 5.53. The Morgan fingerprint density at radius 1 is 0.500 bits per heavy atom. The van der Waals surface area contributed by atoms with Crippen LogP contribution in [-0.4, -0.2) is 62.2 Å². The second-order valence-electron chi connectivity index (χ2n) is 8.02. The van der Waals surface area contributed by atoms with E-state index in [9.17, 15) is 28.8 Å². The minimum absolute atomic E-state index is 0.116. The number of ether oxygens (including phenoxy) is 6. The number of carbonyl (C=O) groups excluding carboxylic acids is 6. The van der Waals surface area contributed by atoms with Crippen molar-refractivity contribution in [2.75, 3.05) is 26.4 Å². The SMILES string of the molecule is C=COC(=O)CCCCC(=O)OCCOC(=O)c1ccc(C(=O)OCCOC(=O)CCCCC(=O)OC=C)cc1. The van der Waals surface area contributed by atoms with E-state index in [0.29, 0.717) is 25.7 Å². The van der Waals surface area contributed by atoms with E-state index >= 15 is 0 Å². The molecule has 0 spiro atoms. The number of carbonyl (C=O) groups is 6. The number of benzene rings is 1. The van der Waals surface area contributed by atoms with Crippen molar-refractivity contribution in [3.63, 3.8) is 0 Å². The molecule has 218 valence electrons. The monoisotopic (exact) mass is 562 g/mol. The number of rotatable bonds is 20. The van der Waals surface area contributed by atoms with E-state index in [-0.39, 0.29) is 63.2 Å². The maximum Gasteiger partial charge on any atom is 0.338 e. The van der Waals surface area contributed by atoms with Gasteiger partial charge in [0.25, 0.3) is 0 Å². The Kier molecular flexibility index (Phi) is 17.2. The number of hydrogen-bond donors (Lipinski definition) is 0. The molecule has 0 radical (unpaired) electrons. The highest BCUT2D eigenvalue weighted by molar-refractivity contribution is 5.93. The van der Waals surface area contributed by atoms with Crippen molar-refractivity contribution in [1.29, 1.82) is 0 Å². The highest BCUT2D eigenvalue weighted by atomic mass is 16.6. The first-order valence-corrected chi connectivity index (χ1v) is 12.6. The maximum absolute atomic E-state index is 12.1. The number of hydrogen-bond acceptors (Lipinski definition) is 12. The fourth-order valence-electron chi connectivity index (χ4n) is 3.01. The van der Waals surface area contributed by atoms with Gasteiger partial charge in [-0.05, 0) is 49.9 Å². The molecule has 0 aromatic heterocycles. The Hall–Kier alpha value is -4.48. The standard InChI is InChI=1S/C28H34O12/c1-3-35-23(29)9-5-7-11-25(31)37-17-19-39-27(33)21-13-15-22(16-14-21)28(34)40-20-18-38-26(32)12-8-6-10-24(30)36-4-2/h3-4,13-16H,1-2,5-12,17-20H2. The second kappa shape index (κ2) is 20.5. The minimum Gasteiger partial charge on any atom is -0.462 e. The Morgan fingerprint density at radius 2 is 0.800 bits per heavy atom. The van der Waals surface area contributed by atoms with Crippen molar-refractivity contribution in [2.24, 2.45) is 0 Å². The summed E-state index contributed by atoms with van der Waals surface area (Å²) in [5, 5.41) is 0. The molecule has 0 atom stereocenters. The first-order chi connectivity index (χ1) is 19.3. The fraction of sp³-hybridized carbons (Fsp3) is 0.429. The van der Waals surface area contributed by atoms with E-state index in [1.54, 1.807) is 0 Å². The van der Waals surface area contributed by atoms with Crippen LogP contribution in [0, 0.1) is 0 Å². The molecule has 0 aliphatic heterocycles. The molecular weight excluding hydrogens is 528 g/mol. The molecule has 0 aliphatic carbocycles.